The fourth-order valence-corrected chi connectivity index (χ4v) is 3.53. The maximum absolute atomic E-state index is 12.9. The van der Waals surface area contributed by atoms with Gasteiger partial charge in [0.2, 0.25) is 5.78 Å². The highest BCUT2D eigenvalue weighted by Gasteiger charge is 2.25. The van der Waals surface area contributed by atoms with E-state index < -0.39 is 11.9 Å². The van der Waals surface area contributed by atoms with Gasteiger partial charge < -0.3 is 10.0 Å². The lowest BCUT2D eigenvalue weighted by Crippen LogP contribution is -2.37. The van der Waals surface area contributed by atoms with Crippen molar-refractivity contribution in [3.8, 4) is 0 Å². The minimum absolute atomic E-state index is 0.103. The lowest BCUT2D eigenvalue weighted by atomic mass is 10.0. The maximum atomic E-state index is 12.9. The molecule has 1 amide bonds. The Labute approximate surface area is 157 Å². The molecule has 1 aromatic carbocycles. The number of nitrogens with zero attached hydrogens (tertiary/aromatic N) is 1. The molecule has 0 aliphatic heterocycles. The Kier molecular flexibility index (Phi) is 6.69. The molecule has 1 heterocycles. The highest BCUT2D eigenvalue weighted by Crippen LogP contribution is 2.23. The summed E-state index contributed by atoms with van der Waals surface area (Å²) in [6, 6.07) is 10.4. The van der Waals surface area contributed by atoms with E-state index in [9.17, 15) is 14.4 Å². The smallest absolute Gasteiger partial charge is 0.308 e. The highest BCUT2D eigenvalue weighted by atomic mass is 32.1. The number of rotatable bonds is 8. The number of benzene rings is 1. The van der Waals surface area contributed by atoms with Crippen molar-refractivity contribution >= 4 is 29.0 Å². The Morgan fingerprint density at radius 3 is 2.27 bits per heavy atom. The van der Waals surface area contributed by atoms with Crippen LogP contribution in [-0.2, 0) is 11.2 Å². The number of carbonyl (C=O) groups is 3. The molecule has 0 fully saturated rings. The second kappa shape index (κ2) is 8.76. The van der Waals surface area contributed by atoms with Gasteiger partial charge in [0.1, 0.15) is 0 Å². The molecular weight excluding hydrogens is 350 g/mol. The van der Waals surface area contributed by atoms with Gasteiger partial charge in [-0.25, -0.2) is 0 Å². The van der Waals surface area contributed by atoms with Gasteiger partial charge in [0.05, 0.1) is 16.4 Å². The first-order valence-corrected chi connectivity index (χ1v) is 9.45. The van der Waals surface area contributed by atoms with Crippen molar-refractivity contribution in [1.82, 2.24) is 4.90 Å². The van der Waals surface area contributed by atoms with E-state index in [0.717, 1.165) is 11.3 Å². The second-order valence-electron chi connectivity index (χ2n) is 6.08. The Bertz CT molecular complexity index is 812. The fourth-order valence-electron chi connectivity index (χ4n) is 2.62. The molecular formula is C20H23NO4S. The zero-order chi connectivity index (χ0) is 19.3. The molecule has 0 aliphatic rings. The van der Waals surface area contributed by atoms with E-state index in [1.165, 1.54) is 16.2 Å². The molecule has 0 aliphatic carbocycles. The number of aliphatic carboxylic acids is 1. The van der Waals surface area contributed by atoms with E-state index in [2.05, 4.69) is 0 Å². The monoisotopic (exact) mass is 373 g/mol. The van der Waals surface area contributed by atoms with Gasteiger partial charge in [-0.05, 0) is 31.5 Å². The van der Waals surface area contributed by atoms with Crippen LogP contribution in [0.25, 0.3) is 0 Å². The number of carbonyl (C=O) groups excluding carboxylic acids is 2. The zero-order valence-corrected chi connectivity index (χ0v) is 16.0. The van der Waals surface area contributed by atoms with Crippen molar-refractivity contribution in [2.24, 2.45) is 5.92 Å². The summed E-state index contributed by atoms with van der Waals surface area (Å²) in [6.45, 7) is 5.86. The van der Waals surface area contributed by atoms with Crippen molar-refractivity contribution in [3.63, 3.8) is 0 Å². The van der Waals surface area contributed by atoms with E-state index in [0.29, 0.717) is 22.5 Å². The van der Waals surface area contributed by atoms with Crippen LogP contribution in [0, 0.1) is 5.92 Å². The summed E-state index contributed by atoms with van der Waals surface area (Å²) in [5.41, 5.74) is 0.659. The van der Waals surface area contributed by atoms with E-state index >= 15 is 0 Å². The number of carboxylic acids is 1. The average Bonchev–Trinajstić information content (AvgIpc) is 3.13. The first kappa shape index (κ1) is 19.8. The molecule has 2 rings (SSSR count). The Balaban J connectivity index is 2.33. The van der Waals surface area contributed by atoms with Gasteiger partial charge in [0.15, 0.2) is 0 Å². The topological polar surface area (TPSA) is 74.7 Å². The molecule has 1 N–H and O–H groups in total. The molecule has 0 radical (unpaired) electrons. The highest BCUT2D eigenvalue weighted by molar-refractivity contribution is 7.14. The maximum Gasteiger partial charge on any atom is 0.308 e. The number of thiophene rings is 1. The van der Waals surface area contributed by atoms with Crippen LogP contribution >= 0.6 is 11.3 Å². The number of amides is 1. The molecule has 26 heavy (non-hydrogen) atoms. The van der Waals surface area contributed by atoms with E-state index in [1.54, 1.807) is 44.2 Å². The number of hydrogen-bond donors (Lipinski definition) is 1. The molecule has 0 unspecified atom stereocenters. The first-order chi connectivity index (χ1) is 12.4. The van der Waals surface area contributed by atoms with Crippen molar-refractivity contribution in [2.75, 3.05) is 13.1 Å². The van der Waals surface area contributed by atoms with E-state index in [4.69, 9.17) is 5.11 Å². The van der Waals surface area contributed by atoms with Crippen LogP contribution in [-0.4, -0.2) is 40.8 Å². The van der Waals surface area contributed by atoms with Gasteiger partial charge >= 0.3 is 5.97 Å². The van der Waals surface area contributed by atoms with Gasteiger partial charge in [-0.15, -0.1) is 11.3 Å². The molecule has 6 heteroatoms. The quantitative estimate of drug-likeness (QED) is 0.716. The third-order valence-corrected chi connectivity index (χ3v) is 5.45. The summed E-state index contributed by atoms with van der Waals surface area (Å²) in [6.07, 6.45) is 0.856. The van der Waals surface area contributed by atoms with Crippen LogP contribution in [0.2, 0.25) is 0 Å². The minimum Gasteiger partial charge on any atom is -0.481 e. The van der Waals surface area contributed by atoms with Crippen molar-refractivity contribution in [3.05, 3.63) is 57.3 Å². The lowest BCUT2D eigenvalue weighted by Gasteiger charge is -2.23. The fraction of sp³-hybridized carbons (Fsp3) is 0.350. The zero-order valence-electron chi connectivity index (χ0n) is 15.2. The summed E-state index contributed by atoms with van der Waals surface area (Å²) in [7, 11) is 0. The summed E-state index contributed by atoms with van der Waals surface area (Å²) in [5, 5.41) is 9.11. The van der Waals surface area contributed by atoms with Crippen LogP contribution in [0.4, 0.5) is 0 Å². The molecule has 0 saturated carbocycles. The van der Waals surface area contributed by atoms with Crippen LogP contribution in [0.3, 0.4) is 0 Å². The average molecular weight is 373 g/mol. The number of aryl methyl sites for hydroxylation is 1. The predicted molar refractivity (Wildman–Crippen MR) is 102 cm³/mol. The largest absolute Gasteiger partial charge is 0.481 e. The Morgan fingerprint density at radius 1 is 1.08 bits per heavy atom. The predicted octanol–water partition coefficient (Wildman–Crippen LogP) is 3.72. The van der Waals surface area contributed by atoms with E-state index in [1.807, 2.05) is 13.0 Å². The summed E-state index contributed by atoms with van der Waals surface area (Å²) in [4.78, 5) is 40.1. The van der Waals surface area contributed by atoms with Gasteiger partial charge in [-0.1, -0.05) is 32.0 Å². The summed E-state index contributed by atoms with van der Waals surface area (Å²) < 4.78 is 0. The first-order valence-electron chi connectivity index (χ1n) is 8.63. The van der Waals surface area contributed by atoms with Gasteiger partial charge in [-0.2, -0.15) is 0 Å². The van der Waals surface area contributed by atoms with Crippen molar-refractivity contribution < 1.29 is 19.5 Å². The second-order valence-corrected chi connectivity index (χ2v) is 7.25. The standard InChI is InChI=1S/C20H23NO4S/c1-4-14-10-11-17(26-14)18(22)15-8-6-7-9-16(15)19(23)21(5-2)12-13(3)20(24)25/h6-11,13H,4-5,12H2,1-3H3,(H,24,25)/t13-/m1/s1. The summed E-state index contributed by atoms with van der Waals surface area (Å²) >= 11 is 1.43. The molecule has 5 nitrogen and oxygen atoms in total. The molecule has 0 saturated heterocycles. The third-order valence-electron chi connectivity index (χ3n) is 4.22. The van der Waals surface area contributed by atoms with Crippen molar-refractivity contribution in [1.29, 1.82) is 0 Å². The number of hydrogen-bond acceptors (Lipinski definition) is 4. The Morgan fingerprint density at radius 2 is 1.73 bits per heavy atom. The third kappa shape index (κ3) is 4.38. The molecule has 1 aromatic heterocycles. The van der Waals surface area contributed by atoms with Crippen LogP contribution in [0.15, 0.2) is 36.4 Å². The van der Waals surface area contributed by atoms with Gasteiger partial charge in [0.25, 0.3) is 5.91 Å². The number of ketones is 1. The van der Waals surface area contributed by atoms with Gasteiger partial charge in [-0.3, -0.25) is 14.4 Å². The normalized spacial score (nSPS) is 11.8. The van der Waals surface area contributed by atoms with Crippen molar-refractivity contribution in [2.45, 2.75) is 27.2 Å². The van der Waals surface area contributed by atoms with E-state index in [-0.39, 0.29) is 18.2 Å². The lowest BCUT2D eigenvalue weighted by molar-refractivity contribution is -0.141. The Hall–Kier alpha value is -2.47. The molecule has 0 bridgehead atoms. The molecule has 0 spiro atoms. The number of carboxylic acid groups (broad SMARTS) is 1. The van der Waals surface area contributed by atoms with Crippen LogP contribution < -0.4 is 0 Å². The minimum atomic E-state index is -0.953. The molecule has 138 valence electrons. The molecule has 1 atom stereocenters. The van der Waals surface area contributed by atoms with Crippen LogP contribution in [0.5, 0.6) is 0 Å². The van der Waals surface area contributed by atoms with Crippen LogP contribution in [0.1, 0.15) is 51.2 Å². The van der Waals surface area contributed by atoms with Gasteiger partial charge in [0, 0.05) is 23.5 Å². The summed E-state index contributed by atoms with van der Waals surface area (Å²) in [5.74, 6) is -2.13. The SMILES string of the molecule is CCc1ccc(C(=O)c2ccccc2C(=O)N(CC)C[C@@H](C)C(=O)O)s1. The molecule has 2 aromatic rings.